The van der Waals surface area contributed by atoms with Crippen LogP contribution in [0.15, 0.2) is 0 Å². The Morgan fingerprint density at radius 2 is 0.500 bits per heavy atom. The van der Waals surface area contributed by atoms with Gasteiger partial charge in [-0.3, -0.25) is 0 Å². The third kappa shape index (κ3) is 8.88. The second-order valence-electron chi connectivity index (χ2n) is 0. The van der Waals surface area contributed by atoms with E-state index in [2.05, 4.69) is 0 Å². The molecule has 4 heavy (non-hydrogen) atoms. The molecule has 4 heteroatoms. The Balaban J connectivity index is 0. The van der Waals surface area contributed by atoms with Crippen LogP contribution in [0.1, 0.15) is 0 Å². The van der Waals surface area contributed by atoms with Crippen molar-refractivity contribution in [2.24, 2.45) is 0 Å². The minimum absolute atomic E-state index is 0. The smallest absolute Gasteiger partial charge is 0 e. The molecule has 0 heterocycles. The summed E-state index contributed by atoms with van der Waals surface area (Å²) in [7, 11) is 0. The van der Waals surface area contributed by atoms with Crippen LogP contribution >= 0.6 is 0 Å². The average Bonchev–Trinajstić information content (AvgIpc) is 0. The molecule has 0 aliphatic rings. The third-order valence-corrected chi connectivity index (χ3v) is 0. The molecular formula is H9Al3Ce. The van der Waals surface area contributed by atoms with Crippen LogP contribution in [0.25, 0.3) is 0 Å². The second kappa shape index (κ2) is 16.7. The van der Waals surface area contributed by atoms with Crippen LogP contribution in [0.2, 0.25) is 0 Å². The molecule has 0 N–H and O–H groups in total. The fourth-order valence-corrected chi connectivity index (χ4v) is 0. The van der Waals surface area contributed by atoms with Crippen molar-refractivity contribution in [1.29, 1.82) is 0 Å². The van der Waals surface area contributed by atoms with Crippen molar-refractivity contribution in [2.75, 3.05) is 0 Å². The first-order valence-electron chi connectivity index (χ1n) is 0. The summed E-state index contributed by atoms with van der Waals surface area (Å²) in [6.07, 6.45) is 0. The predicted molar refractivity (Wildman–Crippen MR) is 29.8 cm³/mol. The van der Waals surface area contributed by atoms with E-state index in [-0.39, 0.29) is 93.8 Å². The van der Waals surface area contributed by atoms with Gasteiger partial charge in [-0.25, -0.2) is 0 Å². The SMILES string of the molecule is [AlH3].[AlH3].[AlH3].[Ce]. The van der Waals surface area contributed by atoms with Crippen molar-refractivity contribution in [3.63, 3.8) is 0 Å². The van der Waals surface area contributed by atoms with E-state index in [9.17, 15) is 0 Å². The topological polar surface area (TPSA) is 0 Å². The molecule has 0 bridgehead atoms. The van der Waals surface area contributed by atoms with E-state index in [1.54, 1.807) is 0 Å². The molecule has 0 spiro atoms. The second-order valence-corrected chi connectivity index (χ2v) is 0. The summed E-state index contributed by atoms with van der Waals surface area (Å²) in [5.74, 6) is 0. The van der Waals surface area contributed by atoms with Crippen LogP contribution in [0.4, 0.5) is 0 Å². The largest absolute Gasteiger partial charge is 0.187 e. The van der Waals surface area contributed by atoms with Crippen LogP contribution < -0.4 is 0 Å². The average molecular weight is 230 g/mol. The van der Waals surface area contributed by atoms with Gasteiger partial charge in [0.2, 0.25) is 0 Å². The molecule has 0 saturated carbocycles. The molecule has 0 atom stereocenters. The van der Waals surface area contributed by atoms with Gasteiger partial charge in [0.05, 0.1) is 0 Å². The van der Waals surface area contributed by atoms with Crippen molar-refractivity contribution in [3.05, 3.63) is 0 Å². The molecular weight excluding hydrogens is 221 g/mol. The quantitative estimate of drug-likeness (QED) is 0.378. The van der Waals surface area contributed by atoms with Gasteiger partial charge < -0.3 is 0 Å². The van der Waals surface area contributed by atoms with Crippen molar-refractivity contribution in [2.45, 2.75) is 0 Å². The van der Waals surface area contributed by atoms with E-state index in [4.69, 9.17) is 0 Å². The maximum Gasteiger partial charge on any atom is 0.187 e. The van der Waals surface area contributed by atoms with E-state index in [0.29, 0.717) is 0 Å². The Morgan fingerprint density at radius 3 is 0.500 bits per heavy atom. The summed E-state index contributed by atoms with van der Waals surface area (Å²) in [6, 6.07) is 0. The van der Waals surface area contributed by atoms with Gasteiger partial charge in [0.15, 0.2) is 52.1 Å². The van der Waals surface area contributed by atoms with Crippen LogP contribution in [0.3, 0.4) is 0 Å². The first-order chi connectivity index (χ1) is 0. The van der Waals surface area contributed by atoms with Gasteiger partial charge in [-0.2, -0.15) is 0 Å². The van der Waals surface area contributed by atoms with Gasteiger partial charge in [0, 0.05) is 41.7 Å². The summed E-state index contributed by atoms with van der Waals surface area (Å²) in [5, 5.41) is 0. The zero-order chi connectivity index (χ0) is 0. The number of hydrogen-bond donors (Lipinski definition) is 0. The van der Waals surface area contributed by atoms with Crippen LogP contribution in [-0.4, -0.2) is 52.1 Å². The monoisotopic (exact) mass is 230 g/mol. The minimum atomic E-state index is 0. The first-order valence-corrected chi connectivity index (χ1v) is 0. The molecule has 0 aromatic heterocycles. The Bertz CT molecular complexity index is 3.25. The van der Waals surface area contributed by atoms with Gasteiger partial charge in [-0.1, -0.05) is 0 Å². The van der Waals surface area contributed by atoms with E-state index < -0.39 is 0 Å². The van der Waals surface area contributed by atoms with Gasteiger partial charge in [-0.15, -0.1) is 0 Å². The van der Waals surface area contributed by atoms with Crippen molar-refractivity contribution in [1.82, 2.24) is 0 Å². The fourth-order valence-electron chi connectivity index (χ4n) is 0. The summed E-state index contributed by atoms with van der Waals surface area (Å²) in [6.45, 7) is 0. The standard InChI is InChI=1S/3Al.Ce.9H. The maximum atomic E-state index is 0. The zero-order valence-corrected chi connectivity index (χ0v) is 3.64. The van der Waals surface area contributed by atoms with E-state index in [1.165, 1.54) is 0 Å². The molecule has 0 unspecified atom stereocenters. The third-order valence-electron chi connectivity index (χ3n) is 0. The normalized spacial score (nSPS) is 0. The Labute approximate surface area is 91.9 Å². The molecule has 22 valence electrons. The van der Waals surface area contributed by atoms with Gasteiger partial charge in [0.25, 0.3) is 0 Å². The molecule has 0 radical (unpaired) electrons. The molecule has 0 aromatic carbocycles. The molecule has 0 aliphatic carbocycles. The summed E-state index contributed by atoms with van der Waals surface area (Å²) in [5.41, 5.74) is 0. The molecule has 0 rings (SSSR count). The van der Waals surface area contributed by atoms with Crippen LogP contribution in [0.5, 0.6) is 0 Å². The summed E-state index contributed by atoms with van der Waals surface area (Å²) in [4.78, 5) is 0. The zero-order valence-electron chi connectivity index (χ0n) is 0.500. The van der Waals surface area contributed by atoms with E-state index >= 15 is 0 Å². The van der Waals surface area contributed by atoms with Crippen molar-refractivity contribution >= 4 is 52.1 Å². The van der Waals surface area contributed by atoms with Crippen LogP contribution in [-0.2, 0) is 0 Å². The Morgan fingerprint density at radius 1 is 0.500 bits per heavy atom. The maximum absolute atomic E-state index is 0. The van der Waals surface area contributed by atoms with E-state index in [0.717, 1.165) is 0 Å². The predicted octanol–water partition coefficient (Wildman–Crippen LogP) is -3.55. The van der Waals surface area contributed by atoms with Gasteiger partial charge in [0.1, 0.15) is 0 Å². The molecule has 0 aliphatic heterocycles. The van der Waals surface area contributed by atoms with Gasteiger partial charge in [-0.05, 0) is 0 Å². The van der Waals surface area contributed by atoms with Crippen molar-refractivity contribution < 1.29 is 41.7 Å². The first kappa shape index (κ1) is 28.1. The Hall–Kier alpha value is 2.97. The van der Waals surface area contributed by atoms with Crippen molar-refractivity contribution in [3.8, 4) is 0 Å². The molecule has 0 saturated heterocycles. The molecule has 0 amide bonds. The molecule has 0 nitrogen and oxygen atoms in total. The van der Waals surface area contributed by atoms with E-state index in [1.807, 2.05) is 0 Å². The Kier molecular flexibility index (Phi) is 118. The molecule has 0 aromatic rings. The summed E-state index contributed by atoms with van der Waals surface area (Å²) >= 11 is 0. The minimum Gasteiger partial charge on any atom is 0 e. The number of rotatable bonds is 0. The fraction of sp³-hybridized carbons (Fsp3) is 0. The number of hydrogen-bond acceptors (Lipinski definition) is 0. The molecule has 0 fully saturated rings. The van der Waals surface area contributed by atoms with Crippen LogP contribution in [0, 0.1) is 41.7 Å². The van der Waals surface area contributed by atoms with Gasteiger partial charge >= 0.3 is 0 Å². The summed E-state index contributed by atoms with van der Waals surface area (Å²) < 4.78 is 0.